The molecule has 0 saturated heterocycles. The van der Waals surface area contributed by atoms with Crippen LogP contribution in [0.2, 0.25) is 0 Å². The van der Waals surface area contributed by atoms with Gasteiger partial charge in [-0.25, -0.2) is 17.6 Å². The number of hydrogen-bond donors (Lipinski definition) is 2. The van der Waals surface area contributed by atoms with Crippen LogP contribution in [-0.4, -0.2) is 0 Å². The Hall–Kier alpha value is -1.30. The molecule has 0 radical (unpaired) electrons. The molecule has 0 aliphatic carbocycles. The minimum atomic E-state index is -1.61. The van der Waals surface area contributed by atoms with Crippen molar-refractivity contribution in [3.05, 3.63) is 28.8 Å². The predicted molar refractivity (Wildman–Crippen MR) is 43.3 cm³/mol. The number of nitrogens with two attached hydrogens (primary N) is 2. The fraction of sp³-hybridized carbons (Fsp3) is 0.250. The predicted octanol–water partition coefficient (Wildman–Crippen LogP) is 1.84. The summed E-state index contributed by atoms with van der Waals surface area (Å²) in [4.78, 5) is 0. The lowest BCUT2D eigenvalue weighted by Gasteiger charge is -2.11. The van der Waals surface area contributed by atoms with E-state index in [4.69, 9.17) is 11.5 Å². The first-order chi connectivity index (χ1) is 6.37. The van der Waals surface area contributed by atoms with Crippen LogP contribution in [0.4, 0.5) is 23.2 Å². The second-order valence-electron chi connectivity index (χ2n) is 2.87. The Morgan fingerprint density at radius 1 is 0.929 bits per heavy atom. The van der Waals surface area contributed by atoms with Gasteiger partial charge in [-0.1, -0.05) is 0 Å². The van der Waals surface area contributed by atoms with Gasteiger partial charge in [-0.2, -0.15) is 0 Å². The van der Waals surface area contributed by atoms with Gasteiger partial charge in [-0.15, -0.1) is 0 Å². The maximum atomic E-state index is 13.0. The number of halogens is 4. The number of benzene rings is 1. The number of rotatable bonds is 1. The van der Waals surface area contributed by atoms with Crippen molar-refractivity contribution in [3.8, 4) is 0 Å². The second-order valence-corrected chi connectivity index (χ2v) is 2.87. The normalized spacial score (nSPS) is 13.0. The highest BCUT2D eigenvalue weighted by Crippen LogP contribution is 2.28. The molecule has 6 heteroatoms. The third-order valence-electron chi connectivity index (χ3n) is 1.79. The quantitative estimate of drug-likeness (QED) is 0.420. The van der Waals surface area contributed by atoms with E-state index in [9.17, 15) is 17.6 Å². The molecule has 1 aromatic carbocycles. The Labute approximate surface area is 77.5 Å². The smallest absolute Gasteiger partial charge is 0.185 e. The van der Waals surface area contributed by atoms with Crippen LogP contribution in [0, 0.1) is 23.3 Å². The molecule has 14 heavy (non-hydrogen) atoms. The van der Waals surface area contributed by atoms with Gasteiger partial charge < -0.3 is 11.5 Å². The monoisotopic (exact) mass is 208 g/mol. The van der Waals surface area contributed by atoms with Crippen molar-refractivity contribution in [2.24, 2.45) is 5.73 Å². The van der Waals surface area contributed by atoms with Gasteiger partial charge in [-0.3, -0.25) is 0 Å². The van der Waals surface area contributed by atoms with Gasteiger partial charge in [0.2, 0.25) is 0 Å². The maximum Gasteiger partial charge on any atom is 0.185 e. The molecule has 0 amide bonds. The van der Waals surface area contributed by atoms with E-state index in [1.807, 2.05) is 0 Å². The van der Waals surface area contributed by atoms with E-state index in [2.05, 4.69) is 0 Å². The Morgan fingerprint density at radius 2 is 1.29 bits per heavy atom. The van der Waals surface area contributed by atoms with E-state index in [-0.39, 0.29) is 0 Å². The lowest BCUT2D eigenvalue weighted by molar-refractivity contribution is 0.436. The summed E-state index contributed by atoms with van der Waals surface area (Å²) >= 11 is 0. The van der Waals surface area contributed by atoms with Crippen molar-refractivity contribution < 1.29 is 17.6 Å². The molecule has 0 aliphatic rings. The lowest BCUT2D eigenvalue weighted by Crippen LogP contribution is -2.15. The molecule has 1 atom stereocenters. The number of anilines is 1. The molecule has 2 nitrogen and oxygen atoms in total. The molecule has 0 spiro atoms. The highest BCUT2D eigenvalue weighted by molar-refractivity contribution is 5.45. The molecule has 1 aromatic rings. The van der Waals surface area contributed by atoms with Gasteiger partial charge in [0.05, 0.1) is 0 Å². The van der Waals surface area contributed by atoms with Crippen LogP contribution in [0.25, 0.3) is 0 Å². The van der Waals surface area contributed by atoms with Crippen LogP contribution in [0.3, 0.4) is 0 Å². The zero-order valence-electron chi connectivity index (χ0n) is 7.24. The number of hydrogen-bond acceptors (Lipinski definition) is 2. The minimum Gasteiger partial charge on any atom is -0.394 e. The standard InChI is InChI=1S/C8H8F4N2/c1-2(13)3-4(9)6(11)8(14)7(12)5(3)10/h2H,13-14H2,1H3. The van der Waals surface area contributed by atoms with Crippen LogP contribution >= 0.6 is 0 Å². The molecule has 0 heterocycles. The lowest BCUT2D eigenvalue weighted by atomic mass is 10.1. The van der Waals surface area contributed by atoms with Crippen molar-refractivity contribution in [2.45, 2.75) is 13.0 Å². The van der Waals surface area contributed by atoms with Crippen LogP contribution in [0.1, 0.15) is 18.5 Å². The summed E-state index contributed by atoms with van der Waals surface area (Å²) in [5.74, 6) is -6.32. The second kappa shape index (κ2) is 3.45. The molecule has 0 saturated carbocycles. The summed E-state index contributed by atoms with van der Waals surface area (Å²) in [6.45, 7) is 1.20. The third kappa shape index (κ3) is 1.41. The largest absolute Gasteiger partial charge is 0.394 e. The SMILES string of the molecule is CC(N)c1c(F)c(F)c(N)c(F)c1F. The summed E-state index contributed by atoms with van der Waals surface area (Å²) < 4.78 is 51.7. The molecule has 4 N–H and O–H groups in total. The zero-order chi connectivity index (χ0) is 11.0. The van der Waals surface area contributed by atoms with E-state index in [1.54, 1.807) is 0 Å². The molecule has 78 valence electrons. The molecule has 0 aromatic heterocycles. The Bertz CT molecular complexity index is 347. The van der Waals surface area contributed by atoms with Gasteiger partial charge in [0.25, 0.3) is 0 Å². The average Bonchev–Trinajstić information content (AvgIpc) is 2.11. The molecule has 0 bridgehead atoms. The summed E-state index contributed by atoms with van der Waals surface area (Å²) in [6, 6.07) is -1.15. The van der Waals surface area contributed by atoms with E-state index in [1.165, 1.54) is 6.92 Å². The van der Waals surface area contributed by atoms with Gasteiger partial charge in [0, 0.05) is 11.6 Å². The minimum absolute atomic E-state index is 0.839. The van der Waals surface area contributed by atoms with Crippen molar-refractivity contribution in [1.82, 2.24) is 0 Å². The molecule has 0 fully saturated rings. The van der Waals surface area contributed by atoms with Crippen molar-refractivity contribution in [1.29, 1.82) is 0 Å². The van der Waals surface area contributed by atoms with Gasteiger partial charge >= 0.3 is 0 Å². The highest BCUT2D eigenvalue weighted by Gasteiger charge is 2.25. The molecular weight excluding hydrogens is 200 g/mol. The zero-order valence-corrected chi connectivity index (χ0v) is 7.24. The van der Waals surface area contributed by atoms with Crippen LogP contribution in [0.5, 0.6) is 0 Å². The Morgan fingerprint density at radius 3 is 1.57 bits per heavy atom. The molecule has 0 aliphatic heterocycles. The first kappa shape index (κ1) is 10.8. The fourth-order valence-corrected chi connectivity index (χ4v) is 1.07. The van der Waals surface area contributed by atoms with E-state index in [0.29, 0.717) is 0 Å². The van der Waals surface area contributed by atoms with Gasteiger partial charge in [-0.05, 0) is 6.92 Å². The molecule has 1 rings (SSSR count). The summed E-state index contributed by atoms with van der Waals surface area (Å²) in [7, 11) is 0. The topological polar surface area (TPSA) is 52.0 Å². The third-order valence-corrected chi connectivity index (χ3v) is 1.79. The summed E-state index contributed by atoms with van der Waals surface area (Å²) in [5, 5.41) is 0. The first-order valence-electron chi connectivity index (χ1n) is 3.74. The fourth-order valence-electron chi connectivity index (χ4n) is 1.07. The Balaban J connectivity index is 3.60. The van der Waals surface area contributed by atoms with E-state index in [0.717, 1.165) is 0 Å². The van der Waals surface area contributed by atoms with Crippen molar-refractivity contribution >= 4 is 5.69 Å². The van der Waals surface area contributed by atoms with E-state index < -0.39 is 40.6 Å². The maximum absolute atomic E-state index is 13.0. The summed E-state index contributed by atoms with van der Waals surface area (Å²) in [6.07, 6.45) is 0. The average molecular weight is 208 g/mol. The number of nitrogen functional groups attached to an aromatic ring is 1. The van der Waals surface area contributed by atoms with Crippen LogP contribution < -0.4 is 11.5 Å². The molecule has 1 unspecified atom stereocenters. The van der Waals surface area contributed by atoms with Crippen molar-refractivity contribution in [2.75, 3.05) is 5.73 Å². The van der Waals surface area contributed by atoms with E-state index >= 15 is 0 Å². The first-order valence-corrected chi connectivity index (χ1v) is 3.74. The highest BCUT2D eigenvalue weighted by atomic mass is 19.2. The van der Waals surface area contributed by atoms with Crippen LogP contribution in [-0.2, 0) is 0 Å². The van der Waals surface area contributed by atoms with Crippen LogP contribution in [0.15, 0.2) is 0 Å². The van der Waals surface area contributed by atoms with Gasteiger partial charge in [0.1, 0.15) is 5.69 Å². The Kier molecular flexibility index (Phi) is 2.66. The molecular formula is C8H8F4N2. The van der Waals surface area contributed by atoms with Crippen molar-refractivity contribution in [3.63, 3.8) is 0 Å². The summed E-state index contributed by atoms with van der Waals surface area (Å²) in [5.41, 5.74) is 7.92. The van der Waals surface area contributed by atoms with Gasteiger partial charge in [0.15, 0.2) is 23.3 Å².